The Morgan fingerprint density at radius 1 is 1.14 bits per heavy atom. The van der Waals surface area contributed by atoms with Crippen LogP contribution in [-0.2, 0) is 13.0 Å². The third kappa shape index (κ3) is 6.50. The van der Waals surface area contributed by atoms with E-state index >= 15 is 0 Å². The van der Waals surface area contributed by atoms with Crippen LogP contribution in [-0.4, -0.2) is 17.8 Å². The van der Waals surface area contributed by atoms with Crippen molar-refractivity contribution >= 4 is 0 Å². The molecule has 2 nitrogen and oxygen atoms in total. The van der Waals surface area contributed by atoms with Crippen LogP contribution in [0.4, 0.5) is 0 Å². The number of aliphatic hydroxyl groups excluding tert-OH is 1. The lowest BCUT2D eigenvalue weighted by atomic mass is 9.85. The molecular formula is C20H35NO. The van der Waals surface area contributed by atoms with Gasteiger partial charge in [0.05, 0.1) is 0 Å². The van der Waals surface area contributed by atoms with E-state index in [-0.39, 0.29) is 14.0 Å². The number of nitrogens with one attached hydrogen (secondary N) is 1. The predicted molar refractivity (Wildman–Crippen MR) is 96.1 cm³/mol. The maximum atomic E-state index is 9.00. The van der Waals surface area contributed by atoms with Crippen molar-refractivity contribution in [2.45, 2.75) is 78.3 Å². The summed E-state index contributed by atoms with van der Waals surface area (Å²) in [4.78, 5) is 0. The van der Waals surface area contributed by atoms with Gasteiger partial charge in [0.15, 0.2) is 0 Å². The number of benzene rings is 1. The lowest BCUT2D eigenvalue weighted by Crippen LogP contribution is -2.29. The number of hydrogen-bond acceptors (Lipinski definition) is 2. The van der Waals surface area contributed by atoms with E-state index in [1.54, 1.807) is 0 Å². The minimum Gasteiger partial charge on any atom is -0.396 e. The fourth-order valence-electron chi connectivity index (χ4n) is 3.53. The van der Waals surface area contributed by atoms with Crippen molar-refractivity contribution in [1.82, 2.24) is 5.32 Å². The van der Waals surface area contributed by atoms with Crippen molar-refractivity contribution in [3.63, 3.8) is 0 Å². The Hall–Kier alpha value is -0.860. The molecule has 1 aromatic rings. The molecule has 0 heterocycles. The van der Waals surface area contributed by atoms with Gasteiger partial charge in [-0.1, -0.05) is 63.8 Å². The maximum absolute atomic E-state index is 9.00. The second-order valence-corrected chi connectivity index (χ2v) is 6.62. The molecule has 1 unspecified atom stereocenters. The van der Waals surface area contributed by atoms with E-state index in [9.17, 15) is 0 Å². The Bertz CT molecular complexity index is 398. The van der Waals surface area contributed by atoms with Gasteiger partial charge in [0.1, 0.15) is 0 Å². The van der Waals surface area contributed by atoms with Crippen LogP contribution in [0.2, 0.25) is 0 Å². The van der Waals surface area contributed by atoms with Crippen molar-refractivity contribution < 1.29 is 5.11 Å². The third-order valence-corrected chi connectivity index (χ3v) is 4.78. The molecule has 1 atom stereocenters. The highest BCUT2D eigenvalue weighted by molar-refractivity contribution is 5.27. The highest BCUT2D eigenvalue weighted by Crippen LogP contribution is 2.27. The van der Waals surface area contributed by atoms with Gasteiger partial charge < -0.3 is 10.4 Å². The quantitative estimate of drug-likeness (QED) is 0.730. The highest BCUT2D eigenvalue weighted by Gasteiger charge is 2.16. The van der Waals surface area contributed by atoms with Gasteiger partial charge in [-0.05, 0) is 43.2 Å². The maximum Gasteiger partial charge on any atom is 0.0434 e. The molecule has 2 rings (SSSR count). The van der Waals surface area contributed by atoms with E-state index in [1.807, 2.05) is 0 Å². The summed E-state index contributed by atoms with van der Waals surface area (Å²) in [5.74, 6) is 0.936. The molecule has 1 fully saturated rings. The molecule has 126 valence electrons. The first-order valence-electron chi connectivity index (χ1n) is 8.70. The van der Waals surface area contributed by atoms with Crippen LogP contribution in [0.3, 0.4) is 0 Å². The van der Waals surface area contributed by atoms with E-state index in [4.69, 9.17) is 5.11 Å². The van der Waals surface area contributed by atoms with Crippen LogP contribution in [0.5, 0.6) is 0 Å². The second kappa shape index (κ2) is 10.8. The van der Waals surface area contributed by atoms with Crippen LogP contribution in [0.15, 0.2) is 24.3 Å². The first-order valence-corrected chi connectivity index (χ1v) is 8.70. The molecule has 2 N–H and O–H groups in total. The Labute approximate surface area is 137 Å². The van der Waals surface area contributed by atoms with Crippen molar-refractivity contribution in [3.8, 4) is 0 Å². The average Bonchev–Trinajstić information content (AvgIpc) is 2.52. The van der Waals surface area contributed by atoms with Crippen LogP contribution in [0, 0.1) is 5.92 Å². The Morgan fingerprint density at radius 3 is 2.50 bits per heavy atom. The van der Waals surface area contributed by atoms with Gasteiger partial charge in [-0.3, -0.25) is 0 Å². The average molecular weight is 306 g/mol. The van der Waals surface area contributed by atoms with Crippen LogP contribution in [0.1, 0.15) is 70.4 Å². The fourth-order valence-corrected chi connectivity index (χ4v) is 3.53. The molecule has 2 heteroatoms. The molecule has 0 bridgehead atoms. The van der Waals surface area contributed by atoms with Crippen LogP contribution < -0.4 is 5.32 Å². The monoisotopic (exact) mass is 305 g/mol. The molecular weight excluding hydrogens is 270 g/mol. The minimum absolute atomic E-state index is 0. The predicted octanol–water partition coefficient (Wildman–Crippen LogP) is 4.70. The summed E-state index contributed by atoms with van der Waals surface area (Å²) >= 11 is 0. The van der Waals surface area contributed by atoms with Crippen molar-refractivity contribution in [1.29, 1.82) is 0 Å². The molecule has 0 aromatic heterocycles. The van der Waals surface area contributed by atoms with E-state index in [1.165, 1.54) is 49.7 Å². The van der Waals surface area contributed by atoms with E-state index in [0.717, 1.165) is 25.3 Å². The molecule has 1 aliphatic carbocycles. The molecule has 1 aliphatic rings. The largest absolute Gasteiger partial charge is 0.396 e. The normalized spacial score (nSPS) is 17.0. The zero-order valence-corrected chi connectivity index (χ0v) is 13.5. The molecule has 1 saturated carbocycles. The van der Waals surface area contributed by atoms with Gasteiger partial charge in [0.2, 0.25) is 0 Å². The summed E-state index contributed by atoms with van der Waals surface area (Å²) in [6.45, 7) is 3.56. The molecule has 0 aliphatic heterocycles. The molecule has 0 saturated heterocycles. The standard InChI is InChI=1S/C19H31NO.CH4/c1-16(14-17-8-3-2-4-9-17)20-15-19-11-6-5-10-18(19)12-7-13-21;/h5-6,10-11,16-17,20-21H,2-4,7-9,12-15H2,1H3;1H4. The molecule has 0 spiro atoms. The minimum atomic E-state index is 0. The smallest absolute Gasteiger partial charge is 0.0434 e. The molecule has 0 radical (unpaired) electrons. The van der Waals surface area contributed by atoms with Gasteiger partial charge in [-0.25, -0.2) is 0 Å². The van der Waals surface area contributed by atoms with Gasteiger partial charge in [0.25, 0.3) is 0 Å². The van der Waals surface area contributed by atoms with Crippen molar-refractivity contribution in [3.05, 3.63) is 35.4 Å². The van der Waals surface area contributed by atoms with Gasteiger partial charge in [-0.2, -0.15) is 0 Å². The lowest BCUT2D eigenvalue weighted by Gasteiger charge is -2.25. The van der Waals surface area contributed by atoms with Crippen LogP contribution in [0.25, 0.3) is 0 Å². The van der Waals surface area contributed by atoms with Crippen molar-refractivity contribution in [2.75, 3.05) is 6.61 Å². The number of aryl methyl sites for hydroxylation is 1. The third-order valence-electron chi connectivity index (χ3n) is 4.78. The Morgan fingerprint density at radius 2 is 1.82 bits per heavy atom. The molecule has 22 heavy (non-hydrogen) atoms. The summed E-state index contributed by atoms with van der Waals surface area (Å²) in [5.41, 5.74) is 2.77. The number of aliphatic hydroxyl groups is 1. The topological polar surface area (TPSA) is 32.3 Å². The first kappa shape index (κ1) is 19.2. The van der Waals surface area contributed by atoms with Gasteiger partial charge in [-0.15, -0.1) is 0 Å². The zero-order chi connectivity index (χ0) is 14.9. The summed E-state index contributed by atoms with van der Waals surface area (Å²) in [6, 6.07) is 9.22. The zero-order valence-electron chi connectivity index (χ0n) is 13.5. The SMILES string of the molecule is C.CC(CC1CCCCC1)NCc1ccccc1CCCO. The number of rotatable bonds is 8. The summed E-state index contributed by atoms with van der Waals surface area (Å²) < 4.78 is 0. The lowest BCUT2D eigenvalue weighted by molar-refractivity contribution is 0.288. The van der Waals surface area contributed by atoms with Crippen LogP contribution >= 0.6 is 0 Å². The first-order chi connectivity index (χ1) is 10.3. The van der Waals surface area contributed by atoms with E-state index in [2.05, 4.69) is 36.5 Å². The molecule has 0 amide bonds. The summed E-state index contributed by atoms with van der Waals surface area (Å²) in [5, 5.41) is 12.7. The van der Waals surface area contributed by atoms with E-state index in [0.29, 0.717) is 6.04 Å². The number of hydrogen-bond donors (Lipinski definition) is 2. The van der Waals surface area contributed by atoms with E-state index < -0.39 is 0 Å². The van der Waals surface area contributed by atoms with Crippen molar-refractivity contribution in [2.24, 2.45) is 5.92 Å². The van der Waals surface area contributed by atoms with Gasteiger partial charge >= 0.3 is 0 Å². The summed E-state index contributed by atoms with van der Waals surface area (Å²) in [7, 11) is 0. The Kier molecular flexibility index (Phi) is 9.42. The molecule has 1 aromatic carbocycles. The Balaban J connectivity index is 0.00000242. The fraction of sp³-hybridized carbons (Fsp3) is 0.700. The summed E-state index contributed by atoms with van der Waals surface area (Å²) in [6.07, 6.45) is 10.3. The second-order valence-electron chi connectivity index (χ2n) is 6.62. The highest BCUT2D eigenvalue weighted by atomic mass is 16.2. The van der Waals surface area contributed by atoms with Gasteiger partial charge in [0, 0.05) is 19.2 Å².